The molecular weight excluding hydrogens is 304 g/mol. The Labute approximate surface area is 142 Å². The zero-order valence-corrected chi connectivity index (χ0v) is 14.1. The van der Waals surface area contributed by atoms with Gasteiger partial charge in [0.25, 0.3) is 0 Å². The number of carbonyl (C=O) groups is 1. The SMILES string of the molecule is CC12CCC3c4ccc(C(O)C(=O)O)cc4CCC3C1CCC2O. The maximum Gasteiger partial charge on any atom is 0.337 e. The minimum absolute atomic E-state index is 0.0815. The Morgan fingerprint density at radius 1 is 1.25 bits per heavy atom. The highest BCUT2D eigenvalue weighted by Gasteiger charge is 2.54. The normalized spacial score (nSPS) is 38.8. The molecule has 4 nitrogen and oxygen atoms in total. The fourth-order valence-electron chi connectivity index (χ4n) is 5.89. The molecule has 3 aliphatic rings. The molecule has 0 spiro atoms. The number of benzene rings is 1. The van der Waals surface area contributed by atoms with Crippen LogP contribution in [0.2, 0.25) is 0 Å². The number of hydrogen-bond donors (Lipinski definition) is 3. The Morgan fingerprint density at radius 2 is 2.04 bits per heavy atom. The van der Waals surface area contributed by atoms with E-state index in [1.165, 1.54) is 11.1 Å². The van der Waals surface area contributed by atoms with E-state index in [0.29, 0.717) is 23.3 Å². The molecule has 130 valence electrons. The Hall–Kier alpha value is -1.39. The topological polar surface area (TPSA) is 77.8 Å². The fourth-order valence-corrected chi connectivity index (χ4v) is 5.89. The second kappa shape index (κ2) is 5.57. The smallest absolute Gasteiger partial charge is 0.337 e. The van der Waals surface area contributed by atoms with E-state index in [-0.39, 0.29) is 11.5 Å². The van der Waals surface area contributed by atoms with Crippen LogP contribution >= 0.6 is 0 Å². The number of fused-ring (bicyclic) bond motifs is 5. The molecule has 0 aromatic heterocycles. The first-order chi connectivity index (χ1) is 11.4. The number of aliphatic carboxylic acids is 1. The maximum atomic E-state index is 11.0. The first-order valence-corrected chi connectivity index (χ1v) is 9.13. The van der Waals surface area contributed by atoms with Gasteiger partial charge in [0.15, 0.2) is 6.10 Å². The van der Waals surface area contributed by atoms with E-state index >= 15 is 0 Å². The lowest BCUT2D eigenvalue weighted by Gasteiger charge is -2.50. The number of aliphatic hydroxyl groups excluding tert-OH is 2. The van der Waals surface area contributed by atoms with E-state index in [1.807, 2.05) is 12.1 Å². The summed E-state index contributed by atoms with van der Waals surface area (Å²) in [5.74, 6) is 0.553. The van der Waals surface area contributed by atoms with Gasteiger partial charge in [0.2, 0.25) is 0 Å². The van der Waals surface area contributed by atoms with Crippen LogP contribution in [0.1, 0.15) is 67.7 Å². The van der Waals surface area contributed by atoms with Crippen molar-refractivity contribution in [1.29, 1.82) is 0 Å². The Bertz CT molecular complexity index is 670. The van der Waals surface area contributed by atoms with Crippen LogP contribution in [-0.2, 0) is 11.2 Å². The van der Waals surface area contributed by atoms with Gasteiger partial charge in [0.1, 0.15) is 0 Å². The monoisotopic (exact) mass is 330 g/mol. The highest BCUT2D eigenvalue weighted by molar-refractivity contribution is 5.74. The molecule has 3 aliphatic carbocycles. The summed E-state index contributed by atoms with van der Waals surface area (Å²) in [4.78, 5) is 11.0. The Balaban J connectivity index is 1.65. The van der Waals surface area contributed by atoms with E-state index in [0.717, 1.165) is 38.5 Å². The molecule has 0 bridgehead atoms. The molecule has 6 unspecified atom stereocenters. The molecule has 3 N–H and O–H groups in total. The third-order valence-corrected chi connectivity index (χ3v) is 7.25. The van der Waals surface area contributed by atoms with Gasteiger partial charge in [0.05, 0.1) is 6.10 Å². The van der Waals surface area contributed by atoms with Gasteiger partial charge in [-0.3, -0.25) is 0 Å². The first kappa shape index (κ1) is 16.1. The number of aryl methyl sites for hydroxylation is 1. The predicted molar refractivity (Wildman–Crippen MR) is 89.7 cm³/mol. The summed E-state index contributed by atoms with van der Waals surface area (Å²) in [6.07, 6.45) is 4.69. The second-order valence-electron chi connectivity index (χ2n) is 8.25. The largest absolute Gasteiger partial charge is 0.479 e. The lowest BCUT2D eigenvalue weighted by Crippen LogP contribution is -2.43. The third kappa shape index (κ3) is 2.23. The van der Waals surface area contributed by atoms with Gasteiger partial charge in [-0.05, 0) is 78.4 Å². The van der Waals surface area contributed by atoms with Crippen molar-refractivity contribution in [3.8, 4) is 0 Å². The number of carboxylic acid groups (broad SMARTS) is 1. The minimum Gasteiger partial charge on any atom is -0.479 e. The molecular formula is C20H26O4. The average molecular weight is 330 g/mol. The molecule has 4 rings (SSSR count). The van der Waals surface area contributed by atoms with Crippen molar-refractivity contribution in [3.05, 3.63) is 34.9 Å². The summed E-state index contributed by atoms with van der Waals surface area (Å²) in [5.41, 5.74) is 3.11. The van der Waals surface area contributed by atoms with Gasteiger partial charge in [0, 0.05) is 0 Å². The predicted octanol–water partition coefficient (Wildman–Crippen LogP) is 3.02. The number of rotatable bonds is 2. The van der Waals surface area contributed by atoms with Crippen LogP contribution in [-0.4, -0.2) is 27.4 Å². The lowest BCUT2D eigenvalue weighted by molar-refractivity contribution is -0.146. The summed E-state index contributed by atoms with van der Waals surface area (Å²) in [7, 11) is 0. The summed E-state index contributed by atoms with van der Waals surface area (Å²) in [6, 6.07) is 5.71. The van der Waals surface area contributed by atoms with Gasteiger partial charge in [-0.15, -0.1) is 0 Å². The van der Waals surface area contributed by atoms with Crippen molar-refractivity contribution < 1.29 is 20.1 Å². The van der Waals surface area contributed by atoms with Crippen LogP contribution in [0.5, 0.6) is 0 Å². The number of carboxylic acids is 1. The van der Waals surface area contributed by atoms with Crippen LogP contribution in [0.3, 0.4) is 0 Å². The van der Waals surface area contributed by atoms with Gasteiger partial charge in [-0.1, -0.05) is 25.1 Å². The van der Waals surface area contributed by atoms with Gasteiger partial charge >= 0.3 is 5.97 Å². The van der Waals surface area contributed by atoms with Crippen LogP contribution in [0.25, 0.3) is 0 Å². The fraction of sp³-hybridized carbons (Fsp3) is 0.650. The molecule has 0 aliphatic heterocycles. The quantitative estimate of drug-likeness (QED) is 0.779. The molecule has 0 amide bonds. The molecule has 1 aromatic rings. The van der Waals surface area contributed by atoms with Gasteiger partial charge in [-0.25, -0.2) is 4.79 Å². The van der Waals surface area contributed by atoms with Crippen LogP contribution in [0.4, 0.5) is 0 Å². The Kier molecular flexibility index (Phi) is 3.73. The van der Waals surface area contributed by atoms with E-state index in [2.05, 4.69) is 6.92 Å². The van der Waals surface area contributed by atoms with Crippen molar-refractivity contribution in [2.24, 2.45) is 17.3 Å². The molecule has 1 aromatic carbocycles. The van der Waals surface area contributed by atoms with Crippen molar-refractivity contribution >= 4 is 5.97 Å². The minimum atomic E-state index is -1.44. The molecule has 0 radical (unpaired) electrons. The Morgan fingerprint density at radius 3 is 2.79 bits per heavy atom. The van der Waals surface area contributed by atoms with E-state index < -0.39 is 12.1 Å². The van der Waals surface area contributed by atoms with Gasteiger partial charge in [-0.2, -0.15) is 0 Å². The van der Waals surface area contributed by atoms with Crippen LogP contribution in [0.15, 0.2) is 18.2 Å². The summed E-state index contributed by atoms with van der Waals surface area (Å²) >= 11 is 0. The van der Waals surface area contributed by atoms with Crippen molar-refractivity contribution in [2.45, 2.75) is 63.6 Å². The van der Waals surface area contributed by atoms with Crippen LogP contribution in [0, 0.1) is 17.3 Å². The lowest BCUT2D eigenvalue weighted by atomic mass is 9.55. The van der Waals surface area contributed by atoms with E-state index in [4.69, 9.17) is 5.11 Å². The molecule has 2 fully saturated rings. The summed E-state index contributed by atoms with van der Waals surface area (Å²) in [6.45, 7) is 2.27. The summed E-state index contributed by atoms with van der Waals surface area (Å²) in [5, 5.41) is 29.2. The summed E-state index contributed by atoms with van der Waals surface area (Å²) < 4.78 is 0. The first-order valence-electron chi connectivity index (χ1n) is 9.13. The highest BCUT2D eigenvalue weighted by Crippen LogP contribution is 2.60. The number of aliphatic hydroxyl groups is 2. The molecule has 0 heterocycles. The highest BCUT2D eigenvalue weighted by atomic mass is 16.4. The molecule has 24 heavy (non-hydrogen) atoms. The third-order valence-electron chi connectivity index (χ3n) is 7.25. The molecule has 6 atom stereocenters. The van der Waals surface area contributed by atoms with E-state index in [1.54, 1.807) is 6.07 Å². The number of hydrogen-bond acceptors (Lipinski definition) is 3. The van der Waals surface area contributed by atoms with Gasteiger partial charge < -0.3 is 15.3 Å². The van der Waals surface area contributed by atoms with Crippen molar-refractivity contribution in [2.75, 3.05) is 0 Å². The zero-order chi connectivity index (χ0) is 17.1. The van der Waals surface area contributed by atoms with E-state index in [9.17, 15) is 15.0 Å². The second-order valence-corrected chi connectivity index (χ2v) is 8.25. The molecule has 2 saturated carbocycles. The van der Waals surface area contributed by atoms with Crippen molar-refractivity contribution in [1.82, 2.24) is 0 Å². The standard InChI is InChI=1S/C20H26O4/c1-20-9-8-14-13-4-3-12(18(22)19(23)24)10-11(13)2-5-15(14)16(20)6-7-17(20)21/h3-4,10,14-18,21-22H,2,5-9H2,1H3,(H,23,24). The molecule has 4 heteroatoms. The van der Waals surface area contributed by atoms with Crippen molar-refractivity contribution in [3.63, 3.8) is 0 Å². The maximum absolute atomic E-state index is 11.0. The van der Waals surface area contributed by atoms with Crippen LogP contribution < -0.4 is 0 Å². The zero-order valence-electron chi connectivity index (χ0n) is 14.1. The average Bonchev–Trinajstić information content (AvgIpc) is 2.88. The molecule has 0 saturated heterocycles.